The van der Waals surface area contributed by atoms with Crippen molar-refractivity contribution in [3.05, 3.63) is 29.8 Å². The summed E-state index contributed by atoms with van der Waals surface area (Å²) in [6, 6.07) is 9.35. The second-order valence-electron chi connectivity index (χ2n) is 5.87. The van der Waals surface area contributed by atoms with Crippen molar-refractivity contribution in [1.29, 1.82) is 5.26 Å². The summed E-state index contributed by atoms with van der Waals surface area (Å²) in [7, 11) is 0. The van der Waals surface area contributed by atoms with Crippen LogP contribution in [0.15, 0.2) is 24.3 Å². The van der Waals surface area contributed by atoms with Crippen molar-refractivity contribution in [3.8, 4) is 11.8 Å². The van der Waals surface area contributed by atoms with E-state index in [-0.39, 0.29) is 18.3 Å². The van der Waals surface area contributed by atoms with Crippen molar-refractivity contribution >= 4 is 0 Å². The fraction of sp³-hybridized carbons (Fsp3) is 0.562. The van der Waals surface area contributed by atoms with Gasteiger partial charge in [0.05, 0.1) is 23.9 Å². The molecule has 0 spiro atoms. The van der Waals surface area contributed by atoms with Gasteiger partial charge in [-0.15, -0.1) is 0 Å². The second kappa shape index (κ2) is 6.90. The molecule has 2 rings (SSSR count). The highest BCUT2D eigenvalue weighted by Gasteiger charge is 2.32. The lowest BCUT2D eigenvalue weighted by atomic mass is 10.1. The Morgan fingerprint density at radius 1 is 1.48 bits per heavy atom. The van der Waals surface area contributed by atoms with Crippen LogP contribution in [0.3, 0.4) is 0 Å². The van der Waals surface area contributed by atoms with Crippen LogP contribution < -0.4 is 4.74 Å². The summed E-state index contributed by atoms with van der Waals surface area (Å²) < 4.78 is 11.5. The van der Waals surface area contributed by atoms with E-state index in [9.17, 15) is 5.11 Å². The molecule has 0 aromatic heterocycles. The smallest absolute Gasteiger partial charge is 0.137 e. The van der Waals surface area contributed by atoms with E-state index >= 15 is 0 Å². The van der Waals surface area contributed by atoms with E-state index in [0.717, 1.165) is 13.1 Å². The highest BCUT2D eigenvalue weighted by molar-refractivity contribution is 5.42. The number of para-hydroxylation sites is 1. The third-order valence-electron chi connectivity index (χ3n) is 3.43. The van der Waals surface area contributed by atoms with Gasteiger partial charge in [-0.2, -0.15) is 5.26 Å². The van der Waals surface area contributed by atoms with Gasteiger partial charge in [0.1, 0.15) is 18.4 Å². The Morgan fingerprint density at radius 2 is 2.24 bits per heavy atom. The zero-order valence-electron chi connectivity index (χ0n) is 12.6. The van der Waals surface area contributed by atoms with Crippen LogP contribution in [-0.4, -0.2) is 54.6 Å². The van der Waals surface area contributed by atoms with Crippen molar-refractivity contribution in [2.45, 2.75) is 25.6 Å². The standard InChI is InChI=1S/C16H22N2O3/c1-16(2)12-18(10-14(11-19)21-16)7-8-20-15-6-4-3-5-13(15)9-17/h3-6,14,19H,7-8,10-12H2,1-2H3. The number of benzene rings is 1. The summed E-state index contributed by atoms with van der Waals surface area (Å²) in [6.45, 7) is 6.81. The Kier molecular flexibility index (Phi) is 5.18. The monoisotopic (exact) mass is 290 g/mol. The highest BCUT2D eigenvalue weighted by Crippen LogP contribution is 2.21. The molecule has 0 saturated carbocycles. The van der Waals surface area contributed by atoms with Crippen molar-refractivity contribution in [1.82, 2.24) is 4.90 Å². The number of nitrogens with zero attached hydrogens (tertiary/aromatic N) is 2. The maximum atomic E-state index is 9.29. The molecular formula is C16H22N2O3. The van der Waals surface area contributed by atoms with Crippen LogP contribution in [0.25, 0.3) is 0 Å². The quantitative estimate of drug-likeness (QED) is 0.888. The molecule has 114 valence electrons. The number of morpholine rings is 1. The molecule has 5 heteroatoms. The van der Waals surface area contributed by atoms with E-state index in [2.05, 4.69) is 11.0 Å². The number of aliphatic hydroxyl groups excluding tert-OH is 1. The first-order valence-electron chi connectivity index (χ1n) is 7.17. The summed E-state index contributed by atoms with van der Waals surface area (Å²) in [4.78, 5) is 2.22. The molecule has 1 atom stereocenters. The average molecular weight is 290 g/mol. The van der Waals surface area contributed by atoms with Crippen LogP contribution in [0, 0.1) is 11.3 Å². The molecule has 1 heterocycles. The van der Waals surface area contributed by atoms with Gasteiger partial charge in [-0.3, -0.25) is 4.90 Å². The number of ether oxygens (including phenoxy) is 2. The SMILES string of the molecule is CC1(C)CN(CCOc2ccccc2C#N)CC(CO)O1. The van der Waals surface area contributed by atoms with E-state index in [0.29, 0.717) is 24.5 Å². The normalized spacial score (nSPS) is 21.7. The van der Waals surface area contributed by atoms with Gasteiger partial charge in [0, 0.05) is 19.6 Å². The van der Waals surface area contributed by atoms with Crippen LogP contribution in [0.4, 0.5) is 0 Å². The molecule has 0 amide bonds. The lowest BCUT2D eigenvalue weighted by Gasteiger charge is -2.42. The summed E-state index contributed by atoms with van der Waals surface area (Å²) in [6.07, 6.45) is -0.153. The first-order chi connectivity index (χ1) is 10.0. The van der Waals surface area contributed by atoms with E-state index in [4.69, 9.17) is 14.7 Å². The molecule has 1 unspecified atom stereocenters. The zero-order chi connectivity index (χ0) is 15.3. The fourth-order valence-corrected chi connectivity index (χ4v) is 2.65. The van der Waals surface area contributed by atoms with Crippen LogP contribution in [0.5, 0.6) is 5.75 Å². The van der Waals surface area contributed by atoms with Crippen molar-refractivity contribution in [3.63, 3.8) is 0 Å². The maximum Gasteiger partial charge on any atom is 0.137 e. The highest BCUT2D eigenvalue weighted by atomic mass is 16.5. The minimum atomic E-state index is -0.268. The molecule has 1 saturated heterocycles. The van der Waals surface area contributed by atoms with Crippen LogP contribution in [0.1, 0.15) is 19.4 Å². The van der Waals surface area contributed by atoms with E-state index in [1.54, 1.807) is 12.1 Å². The van der Waals surface area contributed by atoms with Gasteiger partial charge >= 0.3 is 0 Å². The first-order valence-corrected chi connectivity index (χ1v) is 7.17. The molecule has 1 fully saturated rings. The molecule has 0 aliphatic carbocycles. The van der Waals surface area contributed by atoms with Crippen molar-refractivity contribution < 1.29 is 14.6 Å². The minimum Gasteiger partial charge on any atom is -0.491 e. The molecule has 1 aliphatic heterocycles. The number of hydrogen-bond acceptors (Lipinski definition) is 5. The number of hydrogen-bond donors (Lipinski definition) is 1. The van der Waals surface area contributed by atoms with Gasteiger partial charge in [0.2, 0.25) is 0 Å². The minimum absolute atomic E-state index is 0.0258. The molecule has 21 heavy (non-hydrogen) atoms. The molecule has 1 aromatic rings. The second-order valence-corrected chi connectivity index (χ2v) is 5.87. The average Bonchev–Trinajstić information content (AvgIpc) is 2.46. The Balaban J connectivity index is 1.87. The molecular weight excluding hydrogens is 268 g/mol. The largest absolute Gasteiger partial charge is 0.491 e. The van der Waals surface area contributed by atoms with Crippen LogP contribution in [-0.2, 0) is 4.74 Å². The van der Waals surface area contributed by atoms with Crippen LogP contribution in [0.2, 0.25) is 0 Å². The third kappa shape index (κ3) is 4.43. The van der Waals surface area contributed by atoms with Crippen molar-refractivity contribution in [2.24, 2.45) is 0 Å². The Morgan fingerprint density at radius 3 is 2.95 bits per heavy atom. The van der Waals surface area contributed by atoms with Gasteiger partial charge in [0.25, 0.3) is 0 Å². The summed E-state index contributed by atoms with van der Waals surface area (Å²) >= 11 is 0. The van der Waals surface area contributed by atoms with Gasteiger partial charge < -0.3 is 14.6 Å². The van der Waals surface area contributed by atoms with Crippen LogP contribution >= 0.6 is 0 Å². The van der Waals surface area contributed by atoms with E-state index in [1.807, 2.05) is 26.0 Å². The van der Waals surface area contributed by atoms with Crippen molar-refractivity contribution in [2.75, 3.05) is 32.8 Å². The maximum absolute atomic E-state index is 9.29. The van der Waals surface area contributed by atoms with Gasteiger partial charge in [-0.05, 0) is 26.0 Å². The Hall–Kier alpha value is -1.61. The van der Waals surface area contributed by atoms with Gasteiger partial charge in [-0.25, -0.2) is 0 Å². The third-order valence-corrected chi connectivity index (χ3v) is 3.43. The topological polar surface area (TPSA) is 65.7 Å². The molecule has 1 aliphatic rings. The Labute approximate surface area is 125 Å². The number of nitriles is 1. The molecule has 1 aromatic carbocycles. The van der Waals surface area contributed by atoms with E-state index in [1.165, 1.54) is 0 Å². The fourth-order valence-electron chi connectivity index (χ4n) is 2.65. The molecule has 1 N–H and O–H groups in total. The first kappa shape index (κ1) is 15.8. The predicted molar refractivity (Wildman–Crippen MR) is 79.1 cm³/mol. The summed E-state index contributed by atoms with van der Waals surface area (Å²) in [5.41, 5.74) is 0.281. The van der Waals surface area contributed by atoms with Gasteiger partial charge in [-0.1, -0.05) is 12.1 Å². The predicted octanol–water partition coefficient (Wildman–Crippen LogP) is 1.41. The lowest BCUT2D eigenvalue weighted by molar-refractivity contribution is -0.149. The molecule has 0 bridgehead atoms. The van der Waals surface area contributed by atoms with E-state index < -0.39 is 0 Å². The molecule has 5 nitrogen and oxygen atoms in total. The Bertz CT molecular complexity index is 510. The summed E-state index contributed by atoms with van der Waals surface area (Å²) in [5.74, 6) is 0.617. The lowest BCUT2D eigenvalue weighted by Crippen LogP contribution is -2.54. The number of rotatable bonds is 5. The summed E-state index contributed by atoms with van der Waals surface area (Å²) in [5, 5.41) is 18.3. The zero-order valence-corrected chi connectivity index (χ0v) is 12.6. The molecule has 0 radical (unpaired) electrons. The number of aliphatic hydroxyl groups is 1. The van der Waals surface area contributed by atoms with Gasteiger partial charge in [0.15, 0.2) is 0 Å².